The van der Waals surface area contributed by atoms with Crippen molar-refractivity contribution in [1.29, 1.82) is 0 Å². The first-order chi connectivity index (χ1) is 10.4. The Morgan fingerprint density at radius 3 is 2.38 bits per heavy atom. The number of nitrogens with zero attached hydrogens (tertiary/aromatic N) is 2. The number of hydrogen-bond acceptors (Lipinski definition) is 3. The summed E-state index contributed by atoms with van der Waals surface area (Å²) < 4.78 is 37.4. The molecule has 1 aromatic rings. The van der Waals surface area contributed by atoms with E-state index in [1.807, 2.05) is 0 Å². The van der Waals surface area contributed by atoms with Gasteiger partial charge in [-0.25, -0.2) is 0 Å². The predicted molar refractivity (Wildman–Crippen MR) is 90.9 cm³/mol. The second-order valence-corrected chi connectivity index (χ2v) is 5.47. The average molecular weight is 388 g/mol. The monoisotopic (exact) mass is 387 g/mol. The standard InChI is InChI=1S/C15H20F3N3O.2ClH/c1-2-19-9-11-5-7-21(8-6-11)14(22)12-3-4-13(20-10-12)15(16,17)18;;/h3-4,10-11,19H,2,5-9H2,1H3;2*1H. The normalized spacial score (nSPS) is 15.4. The molecule has 0 radical (unpaired) electrons. The summed E-state index contributed by atoms with van der Waals surface area (Å²) in [5.74, 6) is 0.304. The molecule has 1 aliphatic heterocycles. The van der Waals surface area contributed by atoms with Gasteiger partial charge in [-0.15, -0.1) is 24.8 Å². The number of aromatic nitrogens is 1. The summed E-state index contributed by atoms with van der Waals surface area (Å²) in [5.41, 5.74) is -0.772. The number of pyridine rings is 1. The van der Waals surface area contributed by atoms with Gasteiger partial charge in [0.2, 0.25) is 0 Å². The summed E-state index contributed by atoms with van der Waals surface area (Å²) in [4.78, 5) is 17.3. The molecule has 0 aliphatic carbocycles. The molecule has 0 saturated carbocycles. The van der Waals surface area contributed by atoms with Crippen LogP contribution in [0.25, 0.3) is 0 Å². The van der Waals surface area contributed by atoms with Crippen LogP contribution < -0.4 is 5.32 Å². The van der Waals surface area contributed by atoms with Crippen LogP contribution in [0.5, 0.6) is 0 Å². The van der Waals surface area contributed by atoms with Crippen LogP contribution in [0, 0.1) is 5.92 Å². The van der Waals surface area contributed by atoms with E-state index in [-0.39, 0.29) is 36.3 Å². The zero-order valence-corrected chi connectivity index (χ0v) is 14.9. The van der Waals surface area contributed by atoms with Crippen molar-refractivity contribution in [1.82, 2.24) is 15.2 Å². The smallest absolute Gasteiger partial charge is 0.339 e. The maximum Gasteiger partial charge on any atom is 0.433 e. The van der Waals surface area contributed by atoms with Crippen LogP contribution in [-0.2, 0) is 6.18 Å². The Labute approximate surface area is 152 Å². The third-order valence-corrected chi connectivity index (χ3v) is 3.89. The van der Waals surface area contributed by atoms with Crippen LogP contribution in [0.15, 0.2) is 18.3 Å². The van der Waals surface area contributed by atoms with Gasteiger partial charge in [0.1, 0.15) is 5.69 Å². The second-order valence-electron chi connectivity index (χ2n) is 5.47. The molecular weight excluding hydrogens is 366 g/mol. The quantitative estimate of drug-likeness (QED) is 0.860. The molecule has 1 fully saturated rings. The summed E-state index contributed by atoms with van der Waals surface area (Å²) >= 11 is 0. The van der Waals surface area contributed by atoms with Gasteiger partial charge in [0, 0.05) is 19.3 Å². The molecule has 1 aromatic heterocycles. The zero-order chi connectivity index (χ0) is 16.2. The van der Waals surface area contributed by atoms with E-state index in [0.29, 0.717) is 19.0 Å². The molecule has 24 heavy (non-hydrogen) atoms. The van der Waals surface area contributed by atoms with Crippen LogP contribution >= 0.6 is 24.8 Å². The molecule has 0 bridgehead atoms. The largest absolute Gasteiger partial charge is 0.433 e. The number of rotatable bonds is 4. The Balaban J connectivity index is 0.00000264. The van der Waals surface area contributed by atoms with Crippen LogP contribution in [0.1, 0.15) is 35.8 Å². The molecule has 0 spiro atoms. The molecule has 1 aliphatic rings. The van der Waals surface area contributed by atoms with Gasteiger partial charge in [0.05, 0.1) is 5.56 Å². The molecule has 4 nitrogen and oxygen atoms in total. The fourth-order valence-electron chi connectivity index (χ4n) is 2.56. The maximum absolute atomic E-state index is 12.5. The van der Waals surface area contributed by atoms with Gasteiger partial charge in [0.25, 0.3) is 5.91 Å². The van der Waals surface area contributed by atoms with Crippen molar-refractivity contribution in [3.05, 3.63) is 29.6 Å². The molecular formula is C15H22Cl2F3N3O. The predicted octanol–water partition coefficient (Wildman–Crippen LogP) is 3.41. The first-order valence-corrected chi connectivity index (χ1v) is 7.45. The van der Waals surface area contributed by atoms with Crippen molar-refractivity contribution in [2.75, 3.05) is 26.2 Å². The Bertz CT molecular complexity index is 504. The van der Waals surface area contributed by atoms with Crippen LogP contribution in [0.3, 0.4) is 0 Å². The third-order valence-electron chi connectivity index (χ3n) is 3.89. The van der Waals surface area contributed by atoms with Crippen molar-refractivity contribution in [3.8, 4) is 0 Å². The van der Waals surface area contributed by atoms with Crippen LogP contribution in [0.2, 0.25) is 0 Å². The van der Waals surface area contributed by atoms with E-state index in [9.17, 15) is 18.0 Å². The van der Waals surface area contributed by atoms with Crippen molar-refractivity contribution in [3.63, 3.8) is 0 Å². The number of nitrogens with one attached hydrogen (secondary N) is 1. The summed E-state index contributed by atoms with van der Waals surface area (Å²) in [7, 11) is 0. The fraction of sp³-hybridized carbons (Fsp3) is 0.600. The minimum atomic E-state index is -4.48. The number of hydrogen-bond donors (Lipinski definition) is 1. The molecule has 1 amide bonds. The van der Waals surface area contributed by atoms with Gasteiger partial charge in [-0.3, -0.25) is 9.78 Å². The molecule has 0 atom stereocenters. The average Bonchev–Trinajstić information content (AvgIpc) is 2.52. The highest BCUT2D eigenvalue weighted by Crippen LogP contribution is 2.27. The maximum atomic E-state index is 12.5. The lowest BCUT2D eigenvalue weighted by Gasteiger charge is -2.32. The van der Waals surface area contributed by atoms with E-state index in [2.05, 4.69) is 17.2 Å². The fourth-order valence-corrected chi connectivity index (χ4v) is 2.56. The first-order valence-electron chi connectivity index (χ1n) is 7.45. The van der Waals surface area contributed by atoms with Gasteiger partial charge in [-0.2, -0.15) is 13.2 Å². The molecule has 2 heterocycles. The van der Waals surface area contributed by atoms with E-state index >= 15 is 0 Å². The van der Waals surface area contributed by atoms with Crippen molar-refractivity contribution in [2.24, 2.45) is 5.92 Å². The minimum Gasteiger partial charge on any atom is -0.339 e. The Morgan fingerprint density at radius 1 is 1.29 bits per heavy atom. The van der Waals surface area contributed by atoms with Crippen molar-refractivity contribution in [2.45, 2.75) is 25.9 Å². The number of carbonyl (C=O) groups is 1. The number of alkyl halides is 3. The summed E-state index contributed by atoms with van der Waals surface area (Å²) in [5, 5.41) is 3.29. The summed E-state index contributed by atoms with van der Waals surface area (Å²) in [6.45, 7) is 5.19. The summed E-state index contributed by atoms with van der Waals surface area (Å²) in [6.07, 6.45) is -1.65. The number of likely N-dealkylation sites (tertiary alicyclic amines) is 1. The molecule has 1 N–H and O–H groups in total. The van der Waals surface area contributed by atoms with Gasteiger partial charge in [-0.1, -0.05) is 6.92 Å². The highest BCUT2D eigenvalue weighted by molar-refractivity contribution is 5.94. The van der Waals surface area contributed by atoms with E-state index in [0.717, 1.165) is 38.2 Å². The zero-order valence-electron chi connectivity index (χ0n) is 13.3. The second kappa shape index (κ2) is 10.1. The highest BCUT2D eigenvalue weighted by Gasteiger charge is 2.32. The first kappa shape index (κ1) is 22.9. The Hall–Kier alpha value is -1.05. The highest BCUT2D eigenvalue weighted by atomic mass is 35.5. The molecule has 138 valence electrons. The number of carbonyl (C=O) groups excluding carboxylic acids is 1. The van der Waals surface area contributed by atoms with E-state index in [1.165, 1.54) is 6.07 Å². The Morgan fingerprint density at radius 2 is 1.92 bits per heavy atom. The van der Waals surface area contributed by atoms with E-state index in [1.54, 1.807) is 4.90 Å². The van der Waals surface area contributed by atoms with Gasteiger partial charge < -0.3 is 10.2 Å². The van der Waals surface area contributed by atoms with E-state index < -0.39 is 11.9 Å². The lowest BCUT2D eigenvalue weighted by atomic mass is 9.96. The van der Waals surface area contributed by atoms with Crippen molar-refractivity contribution < 1.29 is 18.0 Å². The van der Waals surface area contributed by atoms with Crippen LogP contribution in [-0.4, -0.2) is 42.0 Å². The van der Waals surface area contributed by atoms with E-state index in [4.69, 9.17) is 0 Å². The number of piperidine rings is 1. The Kier molecular flexibility index (Phi) is 9.62. The number of amides is 1. The molecule has 9 heteroatoms. The third kappa shape index (κ3) is 6.11. The lowest BCUT2D eigenvalue weighted by Crippen LogP contribution is -2.40. The number of halogens is 5. The van der Waals surface area contributed by atoms with Gasteiger partial charge in [0.15, 0.2) is 0 Å². The SMILES string of the molecule is CCNCC1CCN(C(=O)c2ccc(C(F)(F)F)nc2)CC1.Cl.Cl. The molecule has 2 rings (SSSR count). The van der Waals surface area contributed by atoms with Gasteiger partial charge in [-0.05, 0) is 44.0 Å². The van der Waals surface area contributed by atoms with Gasteiger partial charge >= 0.3 is 6.18 Å². The molecule has 1 saturated heterocycles. The lowest BCUT2D eigenvalue weighted by molar-refractivity contribution is -0.141. The topological polar surface area (TPSA) is 45.2 Å². The molecule has 0 unspecified atom stereocenters. The molecule has 0 aromatic carbocycles. The van der Waals surface area contributed by atoms with Crippen molar-refractivity contribution >= 4 is 30.7 Å². The minimum absolute atomic E-state index is 0. The summed E-state index contributed by atoms with van der Waals surface area (Å²) in [6, 6.07) is 2.05. The van der Waals surface area contributed by atoms with Crippen LogP contribution in [0.4, 0.5) is 13.2 Å².